The van der Waals surface area contributed by atoms with E-state index >= 15 is 0 Å². The molecule has 2 atom stereocenters. The summed E-state index contributed by atoms with van der Waals surface area (Å²) in [6, 6.07) is 5.50. The van der Waals surface area contributed by atoms with Gasteiger partial charge in [-0.2, -0.15) is 0 Å². The first-order valence-electron chi connectivity index (χ1n) is 5.68. The highest BCUT2D eigenvalue weighted by Crippen LogP contribution is 2.35. The molecule has 0 fully saturated rings. The number of terminal acetylenes is 1. The van der Waals surface area contributed by atoms with Crippen molar-refractivity contribution in [2.24, 2.45) is 5.92 Å². The normalized spacial score (nSPS) is 23.6. The lowest BCUT2D eigenvalue weighted by Crippen LogP contribution is -2.31. The molecular formula is C14H16FN. The molecule has 2 heteroatoms. The molecule has 1 aromatic rings. The van der Waals surface area contributed by atoms with Gasteiger partial charge in [-0.1, -0.05) is 25.0 Å². The second-order valence-electron chi connectivity index (χ2n) is 4.39. The van der Waals surface area contributed by atoms with Crippen molar-refractivity contribution in [1.29, 1.82) is 0 Å². The molecule has 0 spiro atoms. The molecule has 0 amide bonds. The molecule has 1 aliphatic carbocycles. The molecule has 0 saturated heterocycles. The van der Waals surface area contributed by atoms with Crippen LogP contribution in [-0.4, -0.2) is 6.54 Å². The van der Waals surface area contributed by atoms with Crippen LogP contribution in [0.3, 0.4) is 0 Å². The highest BCUT2D eigenvalue weighted by molar-refractivity contribution is 5.34. The fraction of sp³-hybridized carbons (Fsp3) is 0.429. The number of nitrogens with one attached hydrogen (secondary N) is 1. The molecule has 0 aliphatic heterocycles. The monoisotopic (exact) mass is 217 g/mol. The molecule has 0 heterocycles. The lowest BCUT2D eigenvalue weighted by molar-refractivity contribution is 0.351. The zero-order valence-corrected chi connectivity index (χ0v) is 9.46. The maximum absolute atomic E-state index is 13.6. The van der Waals surface area contributed by atoms with E-state index in [9.17, 15) is 4.39 Å². The van der Waals surface area contributed by atoms with E-state index in [4.69, 9.17) is 6.42 Å². The van der Waals surface area contributed by atoms with E-state index in [1.54, 1.807) is 6.07 Å². The third-order valence-electron chi connectivity index (χ3n) is 3.33. The average Bonchev–Trinajstić information content (AvgIpc) is 2.28. The van der Waals surface area contributed by atoms with Crippen molar-refractivity contribution in [1.82, 2.24) is 5.32 Å². The number of fused-ring (bicyclic) bond motifs is 1. The molecule has 0 radical (unpaired) electrons. The first-order chi connectivity index (χ1) is 7.74. The van der Waals surface area contributed by atoms with Crippen molar-refractivity contribution in [3.63, 3.8) is 0 Å². The Bertz CT molecular complexity index is 419. The third kappa shape index (κ3) is 1.96. The fourth-order valence-electron chi connectivity index (χ4n) is 2.46. The molecule has 0 bridgehead atoms. The van der Waals surface area contributed by atoms with Crippen molar-refractivity contribution in [3.8, 4) is 12.3 Å². The van der Waals surface area contributed by atoms with Crippen LogP contribution in [0.4, 0.5) is 4.39 Å². The van der Waals surface area contributed by atoms with Crippen LogP contribution in [0, 0.1) is 24.1 Å². The second kappa shape index (κ2) is 4.67. The summed E-state index contributed by atoms with van der Waals surface area (Å²) in [5.74, 6) is 2.99. The van der Waals surface area contributed by atoms with Gasteiger partial charge >= 0.3 is 0 Å². The van der Waals surface area contributed by atoms with Gasteiger partial charge in [0.15, 0.2) is 0 Å². The topological polar surface area (TPSA) is 12.0 Å². The largest absolute Gasteiger partial charge is 0.299 e. The van der Waals surface area contributed by atoms with Crippen LogP contribution in [-0.2, 0) is 6.42 Å². The van der Waals surface area contributed by atoms with Crippen molar-refractivity contribution in [2.75, 3.05) is 6.54 Å². The highest BCUT2D eigenvalue weighted by atomic mass is 19.1. The van der Waals surface area contributed by atoms with Gasteiger partial charge in [0, 0.05) is 6.04 Å². The van der Waals surface area contributed by atoms with E-state index < -0.39 is 0 Å². The molecule has 0 aromatic heterocycles. The van der Waals surface area contributed by atoms with Crippen molar-refractivity contribution >= 4 is 0 Å². The van der Waals surface area contributed by atoms with Gasteiger partial charge in [-0.15, -0.1) is 6.42 Å². The Hall–Kier alpha value is -1.33. The highest BCUT2D eigenvalue weighted by Gasteiger charge is 2.27. The second-order valence-corrected chi connectivity index (χ2v) is 4.39. The van der Waals surface area contributed by atoms with Crippen LogP contribution in [0.15, 0.2) is 18.2 Å². The number of hydrogen-bond acceptors (Lipinski definition) is 1. The van der Waals surface area contributed by atoms with Gasteiger partial charge in [-0.3, -0.25) is 5.32 Å². The molecule has 1 aromatic carbocycles. The van der Waals surface area contributed by atoms with E-state index in [-0.39, 0.29) is 11.9 Å². The summed E-state index contributed by atoms with van der Waals surface area (Å²) >= 11 is 0. The van der Waals surface area contributed by atoms with Gasteiger partial charge in [-0.05, 0) is 36.0 Å². The van der Waals surface area contributed by atoms with Gasteiger partial charge in [0.25, 0.3) is 0 Å². The molecule has 2 unspecified atom stereocenters. The van der Waals surface area contributed by atoms with E-state index in [1.165, 1.54) is 6.07 Å². The first kappa shape index (κ1) is 11.2. The minimum absolute atomic E-state index is 0.0862. The summed E-state index contributed by atoms with van der Waals surface area (Å²) < 4.78 is 13.6. The molecule has 1 N–H and O–H groups in total. The Morgan fingerprint density at radius 3 is 3.12 bits per heavy atom. The quantitative estimate of drug-likeness (QED) is 0.751. The van der Waals surface area contributed by atoms with Gasteiger partial charge in [0.2, 0.25) is 0 Å². The van der Waals surface area contributed by atoms with Gasteiger partial charge < -0.3 is 0 Å². The first-order valence-corrected chi connectivity index (χ1v) is 5.68. The fourth-order valence-corrected chi connectivity index (χ4v) is 2.46. The lowest BCUT2D eigenvalue weighted by atomic mass is 9.80. The molecule has 1 aliphatic rings. The minimum atomic E-state index is -0.0862. The molecule has 1 nitrogen and oxygen atoms in total. The predicted molar refractivity (Wildman–Crippen MR) is 63.5 cm³/mol. The molecule has 16 heavy (non-hydrogen) atoms. The zero-order chi connectivity index (χ0) is 11.5. The maximum atomic E-state index is 13.6. The number of hydrogen-bond donors (Lipinski definition) is 1. The van der Waals surface area contributed by atoms with Crippen LogP contribution in [0.25, 0.3) is 0 Å². The Kier molecular flexibility index (Phi) is 3.26. The maximum Gasteiger partial charge on any atom is 0.126 e. The van der Waals surface area contributed by atoms with Crippen molar-refractivity contribution in [2.45, 2.75) is 25.8 Å². The van der Waals surface area contributed by atoms with Crippen LogP contribution in [0.2, 0.25) is 0 Å². The Balaban J connectivity index is 2.33. The van der Waals surface area contributed by atoms with Gasteiger partial charge in [-0.25, -0.2) is 4.39 Å². The molecule has 0 saturated carbocycles. The number of benzene rings is 1. The Morgan fingerprint density at radius 1 is 1.56 bits per heavy atom. The summed E-state index contributed by atoms with van der Waals surface area (Å²) in [4.78, 5) is 0. The summed E-state index contributed by atoms with van der Waals surface area (Å²) in [5.41, 5.74) is 1.93. The van der Waals surface area contributed by atoms with E-state index in [1.807, 2.05) is 6.07 Å². The molecular weight excluding hydrogens is 201 g/mol. The van der Waals surface area contributed by atoms with E-state index in [0.29, 0.717) is 12.5 Å². The lowest BCUT2D eigenvalue weighted by Gasteiger charge is -2.31. The number of halogens is 1. The Labute approximate surface area is 96.1 Å². The summed E-state index contributed by atoms with van der Waals surface area (Å²) in [5, 5.41) is 3.30. The van der Waals surface area contributed by atoms with Gasteiger partial charge in [0.05, 0.1) is 6.54 Å². The minimum Gasteiger partial charge on any atom is -0.299 e. The Morgan fingerprint density at radius 2 is 2.38 bits per heavy atom. The van der Waals surface area contributed by atoms with Crippen LogP contribution in [0.1, 0.15) is 30.5 Å². The van der Waals surface area contributed by atoms with Crippen LogP contribution < -0.4 is 5.32 Å². The predicted octanol–water partition coefficient (Wildman–Crippen LogP) is 2.67. The third-order valence-corrected chi connectivity index (χ3v) is 3.33. The van der Waals surface area contributed by atoms with E-state index in [2.05, 4.69) is 18.2 Å². The molecule has 84 valence electrons. The van der Waals surface area contributed by atoms with Crippen molar-refractivity contribution < 1.29 is 4.39 Å². The zero-order valence-electron chi connectivity index (χ0n) is 9.46. The standard InChI is InChI=1S/C14H16FN/c1-3-9-16-14-10(2)7-8-11-12(14)5-4-6-13(11)15/h1,4-6,10,14,16H,7-9H2,2H3. The smallest absolute Gasteiger partial charge is 0.126 e. The van der Waals surface area contributed by atoms with Crippen molar-refractivity contribution in [3.05, 3.63) is 35.1 Å². The SMILES string of the molecule is C#CCNC1c2cccc(F)c2CCC1C. The summed E-state index contributed by atoms with van der Waals surface area (Å²) in [7, 11) is 0. The van der Waals surface area contributed by atoms with E-state index in [0.717, 1.165) is 24.0 Å². The summed E-state index contributed by atoms with van der Waals surface area (Å²) in [6.07, 6.45) is 7.10. The van der Waals surface area contributed by atoms with Gasteiger partial charge in [0.1, 0.15) is 5.82 Å². The number of rotatable bonds is 2. The summed E-state index contributed by atoms with van der Waals surface area (Å²) in [6.45, 7) is 2.72. The average molecular weight is 217 g/mol. The van der Waals surface area contributed by atoms with Crippen LogP contribution >= 0.6 is 0 Å². The van der Waals surface area contributed by atoms with Crippen LogP contribution in [0.5, 0.6) is 0 Å². The molecule has 2 rings (SSSR count).